The fraction of sp³-hybridized carbons (Fsp3) is 0.800. The maximum absolute atomic E-state index is 11.7. The Morgan fingerprint density at radius 2 is 2.44 bits per heavy atom. The maximum atomic E-state index is 11.7. The SMILES string of the molecule is CC1CCCC(NC(=O)Cn2cnnn2)C1. The second kappa shape index (κ2) is 5.05. The number of nitrogens with zero attached hydrogens (tertiary/aromatic N) is 4. The molecule has 0 aliphatic heterocycles. The van der Waals surface area contributed by atoms with Gasteiger partial charge >= 0.3 is 0 Å². The predicted molar refractivity (Wildman–Crippen MR) is 57.4 cm³/mol. The van der Waals surface area contributed by atoms with Crippen LogP contribution in [0.15, 0.2) is 6.33 Å². The van der Waals surface area contributed by atoms with Crippen molar-refractivity contribution in [2.75, 3.05) is 0 Å². The first-order chi connectivity index (χ1) is 7.74. The smallest absolute Gasteiger partial charge is 0.242 e. The molecular weight excluding hydrogens is 206 g/mol. The Bertz CT molecular complexity index is 337. The van der Waals surface area contributed by atoms with Crippen LogP contribution in [0.4, 0.5) is 0 Å². The fourth-order valence-corrected chi connectivity index (χ4v) is 2.24. The Kier molecular flexibility index (Phi) is 3.48. The molecule has 1 aliphatic rings. The molecule has 88 valence electrons. The molecule has 0 bridgehead atoms. The lowest BCUT2D eigenvalue weighted by atomic mass is 9.87. The number of carbonyl (C=O) groups is 1. The van der Waals surface area contributed by atoms with Crippen LogP contribution in [-0.4, -0.2) is 32.2 Å². The molecule has 1 aromatic heterocycles. The second-order valence-corrected chi connectivity index (χ2v) is 4.54. The molecule has 2 unspecified atom stereocenters. The molecule has 1 fully saturated rings. The second-order valence-electron chi connectivity index (χ2n) is 4.54. The third kappa shape index (κ3) is 3.01. The summed E-state index contributed by atoms with van der Waals surface area (Å²) >= 11 is 0. The van der Waals surface area contributed by atoms with E-state index in [1.165, 1.54) is 23.9 Å². The lowest BCUT2D eigenvalue weighted by molar-refractivity contribution is -0.122. The monoisotopic (exact) mass is 223 g/mol. The highest BCUT2D eigenvalue weighted by Gasteiger charge is 2.20. The van der Waals surface area contributed by atoms with Crippen LogP contribution >= 0.6 is 0 Å². The molecular formula is C10H17N5O. The molecule has 2 rings (SSSR count). The minimum atomic E-state index is -0.00796. The van der Waals surface area contributed by atoms with E-state index in [1.54, 1.807) is 0 Å². The van der Waals surface area contributed by atoms with Crippen LogP contribution in [0.25, 0.3) is 0 Å². The molecule has 2 atom stereocenters. The highest BCUT2D eigenvalue weighted by atomic mass is 16.2. The van der Waals surface area contributed by atoms with Gasteiger partial charge in [-0.15, -0.1) is 5.10 Å². The standard InChI is InChI=1S/C10H17N5O/c1-8-3-2-4-9(5-8)12-10(16)6-15-7-11-13-14-15/h7-9H,2-6H2,1H3,(H,12,16). The maximum Gasteiger partial charge on any atom is 0.242 e. The number of nitrogens with one attached hydrogen (secondary N) is 1. The number of hydrogen-bond acceptors (Lipinski definition) is 4. The fourth-order valence-electron chi connectivity index (χ4n) is 2.24. The molecule has 1 aromatic rings. The van der Waals surface area contributed by atoms with Crippen LogP contribution < -0.4 is 5.32 Å². The van der Waals surface area contributed by atoms with Crippen molar-refractivity contribution in [2.45, 2.75) is 45.2 Å². The lowest BCUT2D eigenvalue weighted by Crippen LogP contribution is -2.39. The Morgan fingerprint density at radius 1 is 1.56 bits per heavy atom. The Morgan fingerprint density at radius 3 is 3.12 bits per heavy atom. The molecule has 1 aliphatic carbocycles. The molecule has 6 nitrogen and oxygen atoms in total. The summed E-state index contributed by atoms with van der Waals surface area (Å²) in [5.41, 5.74) is 0. The average Bonchev–Trinajstić information content (AvgIpc) is 2.70. The van der Waals surface area contributed by atoms with E-state index in [2.05, 4.69) is 27.8 Å². The minimum absolute atomic E-state index is 0.00796. The number of hydrogen-bond donors (Lipinski definition) is 1. The van der Waals surface area contributed by atoms with Crippen LogP contribution in [-0.2, 0) is 11.3 Å². The summed E-state index contributed by atoms with van der Waals surface area (Å²) in [4.78, 5) is 11.7. The molecule has 16 heavy (non-hydrogen) atoms. The van der Waals surface area contributed by atoms with E-state index in [-0.39, 0.29) is 12.5 Å². The van der Waals surface area contributed by atoms with Gasteiger partial charge in [-0.05, 0) is 29.2 Å². The first-order valence-corrected chi connectivity index (χ1v) is 5.74. The van der Waals surface area contributed by atoms with Crippen molar-refractivity contribution >= 4 is 5.91 Å². The third-order valence-corrected chi connectivity index (χ3v) is 3.00. The van der Waals surface area contributed by atoms with Gasteiger partial charge in [-0.1, -0.05) is 19.8 Å². The van der Waals surface area contributed by atoms with Crippen molar-refractivity contribution in [2.24, 2.45) is 5.92 Å². The zero-order chi connectivity index (χ0) is 11.4. The highest BCUT2D eigenvalue weighted by molar-refractivity contribution is 5.75. The lowest BCUT2D eigenvalue weighted by Gasteiger charge is -2.27. The minimum Gasteiger partial charge on any atom is -0.352 e. The van der Waals surface area contributed by atoms with Gasteiger partial charge in [0.15, 0.2) is 0 Å². The average molecular weight is 223 g/mol. The van der Waals surface area contributed by atoms with Gasteiger partial charge in [-0.3, -0.25) is 4.79 Å². The first kappa shape index (κ1) is 11.0. The van der Waals surface area contributed by atoms with E-state index in [9.17, 15) is 4.79 Å². The highest BCUT2D eigenvalue weighted by Crippen LogP contribution is 2.23. The third-order valence-electron chi connectivity index (χ3n) is 3.00. The molecule has 0 spiro atoms. The van der Waals surface area contributed by atoms with Crippen LogP contribution in [0.2, 0.25) is 0 Å². The molecule has 0 aromatic carbocycles. The topological polar surface area (TPSA) is 72.7 Å². The van der Waals surface area contributed by atoms with Crippen LogP contribution in [0, 0.1) is 5.92 Å². The van der Waals surface area contributed by atoms with E-state index >= 15 is 0 Å². The van der Waals surface area contributed by atoms with E-state index in [4.69, 9.17) is 0 Å². The van der Waals surface area contributed by atoms with Crippen molar-refractivity contribution in [3.63, 3.8) is 0 Å². The van der Waals surface area contributed by atoms with Gasteiger partial charge in [0.2, 0.25) is 5.91 Å². The van der Waals surface area contributed by atoms with Crippen molar-refractivity contribution in [3.05, 3.63) is 6.33 Å². The summed E-state index contributed by atoms with van der Waals surface area (Å²) in [5, 5.41) is 13.7. The number of carbonyl (C=O) groups excluding carboxylic acids is 1. The van der Waals surface area contributed by atoms with Gasteiger partial charge in [-0.25, -0.2) is 4.68 Å². The number of aromatic nitrogens is 4. The van der Waals surface area contributed by atoms with Crippen molar-refractivity contribution in [1.82, 2.24) is 25.5 Å². The van der Waals surface area contributed by atoms with Gasteiger partial charge in [0.25, 0.3) is 0 Å². The summed E-state index contributed by atoms with van der Waals surface area (Å²) in [6.07, 6.45) is 6.10. The summed E-state index contributed by atoms with van der Waals surface area (Å²) in [5.74, 6) is 0.707. The molecule has 1 N–H and O–H groups in total. The Balaban J connectivity index is 1.78. The quantitative estimate of drug-likeness (QED) is 0.803. The summed E-state index contributed by atoms with van der Waals surface area (Å²) in [7, 11) is 0. The van der Waals surface area contributed by atoms with Gasteiger partial charge in [0.05, 0.1) is 0 Å². The number of amides is 1. The Hall–Kier alpha value is -1.46. The molecule has 1 amide bonds. The summed E-state index contributed by atoms with van der Waals surface area (Å²) < 4.78 is 1.43. The van der Waals surface area contributed by atoms with E-state index < -0.39 is 0 Å². The number of tetrazole rings is 1. The van der Waals surface area contributed by atoms with Gasteiger partial charge in [0, 0.05) is 6.04 Å². The van der Waals surface area contributed by atoms with Crippen molar-refractivity contribution in [1.29, 1.82) is 0 Å². The summed E-state index contributed by atoms with van der Waals surface area (Å²) in [6, 6.07) is 0.327. The van der Waals surface area contributed by atoms with E-state index in [1.807, 2.05) is 0 Å². The molecule has 6 heteroatoms. The van der Waals surface area contributed by atoms with Crippen molar-refractivity contribution in [3.8, 4) is 0 Å². The summed E-state index contributed by atoms with van der Waals surface area (Å²) in [6.45, 7) is 2.44. The predicted octanol–water partition coefficient (Wildman–Crippen LogP) is 0.368. The molecule has 1 heterocycles. The normalized spacial score (nSPS) is 25.3. The van der Waals surface area contributed by atoms with Crippen LogP contribution in [0.5, 0.6) is 0 Å². The number of rotatable bonds is 3. The van der Waals surface area contributed by atoms with Crippen LogP contribution in [0.3, 0.4) is 0 Å². The van der Waals surface area contributed by atoms with E-state index in [0.29, 0.717) is 12.0 Å². The largest absolute Gasteiger partial charge is 0.352 e. The first-order valence-electron chi connectivity index (χ1n) is 5.74. The Labute approximate surface area is 94.4 Å². The van der Waals surface area contributed by atoms with Crippen molar-refractivity contribution < 1.29 is 4.79 Å². The molecule has 0 radical (unpaired) electrons. The molecule has 1 saturated carbocycles. The zero-order valence-electron chi connectivity index (χ0n) is 9.46. The van der Waals surface area contributed by atoms with Gasteiger partial charge in [0.1, 0.15) is 12.9 Å². The zero-order valence-corrected chi connectivity index (χ0v) is 9.46. The van der Waals surface area contributed by atoms with Gasteiger partial charge in [-0.2, -0.15) is 0 Å². The van der Waals surface area contributed by atoms with E-state index in [0.717, 1.165) is 12.8 Å². The van der Waals surface area contributed by atoms with Gasteiger partial charge < -0.3 is 5.32 Å². The van der Waals surface area contributed by atoms with Crippen LogP contribution in [0.1, 0.15) is 32.6 Å². The molecule has 0 saturated heterocycles.